The lowest BCUT2D eigenvalue weighted by Crippen LogP contribution is -2.28. The Morgan fingerprint density at radius 2 is 1.88 bits per heavy atom. The van der Waals surface area contributed by atoms with Crippen LogP contribution in [0.3, 0.4) is 0 Å². The largest absolute Gasteiger partial charge is 0.503 e. The molecule has 0 unspecified atom stereocenters. The predicted octanol–water partition coefficient (Wildman–Crippen LogP) is 2.30. The van der Waals surface area contributed by atoms with Gasteiger partial charge in [-0.1, -0.05) is 12.2 Å². The molecule has 124 valence electrons. The van der Waals surface area contributed by atoms with Gasteiger partial charge in [-0.25, -0.2) is 0 Å². The zero-order valence-electron chi connectivity index (χ0n) is 12.8. The van der Waals surface area contributed by atoms with Gasteiger partial charge in [0.05, 0.1) is 29.6 Å². The van der Waals surface area contributed by atoms with Crippen LogP contribution in [0, 0.1) is 23.7 Å². The topological polar surface area (TPSA) is 79.2 Å². The Kier molecular flexibility index (Phi) is 3.49. The Bertz CT molecular complexity index is 774. The summed E-state index contributed by atoms with van der Waals surface area (Å²) in [5.41, 5.74) is 0.607. The van der Waals surface area contributed by atoms with Gasteiger partial charge in [-0.05, 0) is 51.9 Å². The fourth-order valence-electron chi connectivity index (χ4n) is 3.95. The zero-order chi connectivity index (χ0) is 17.0. The zero-order valence-corrected chi connectivity index (χ0v) is 14.4. The summed E-state index contributed by atoms with van der Waals surface area (Å²) in [6, 6.07) is 3.22. The molecule has 2 bridgehead atoms. The number of ether oxygens (including phenoxy) is 1. The maximum atomic E-state index is 12.5. The molecule has 2 fully saturated rings. The van der Waals surface area contributed by atoms with Crippen molar-refractivity contribution in [2.45, 2.75) is 6.42 Å². The van der Waals surface area contributed by atoms with Gasteiger partial charge in [-0.2, -0.15) is 10.1 Å². The van der Waals surface area contributed by atoms with Gasteiger partial charge in [0.1, 0.15) is 0 Å². The van der Waals surface area contributed by atoms with Gasteiger partial charge in [0.15, 0.2) is 11.5 Å². The lowest BCUT2D eigenvalue weighted by Gasteiger charge is -2.13. The molecule has 4 rings (SSSR count). The highest BCUT2D eigenvalue weighted by molar-refractivity contribution is 9.10. The number of phenolic OH excluding ortho intramolecular Hbond substituents is 1. The Morgan fingerprint density at radius 3 is 2.46 bits per heavy atom. The van der Waals surface area contributed by atoms with E-state index in [0.29, 0.717) is 10.0 Å². The van der Waals surface area contributed by atoms with Gasteiger partial charge < -0.3 is 9.84 Å². The van der Waals surface area contributed by atoms with Gasteiger partial charge in [0, 0.05) is 0 Å². The molecular weight excluding hydrogens is 376 g/mol. The number of carbonyl (C=O) groups excluding carboxylic acids is 2. The fraction of sp³-hybridized carbons (Fsp3) is 0.353. The van der Waals surface area contributed by atoms with Gasteiger partial charge in [0.2, 0.25) is 0 Å². The van der Waals surface area contributed by atoms with Gasteiger partial charge >= 0.3 is 0 Å². The van der Waals surface area contributed by atoms with Crippen LogP contribution in [-0.2, 0) is 9.59 Å². The molecule has 1 aromatic carbocycles. The van der Waals surface area contributed by atoms with Crippen LogP contribution in [0.4, 0.5) is 0 Å². The van der Waals surface area contributed by atoms with E-state index in [2.05, 4.69) is 21.0 Å². The Morgan fingerprint density at radius 1 is 1.25 bits per heavy atom. The van der Waals surface area contributed by atoms with Crippen LogP contribution in [0.1, 0.15) is 12.0 Å². The van der Waals surface area contributed by atoms with Crippen LogP contribution in [0.15, 0.2) is 33.9 Å². The molecule has 4 atom stereocenters. The molecule has 1 heterocycles. The number of amides is 2. The van der Waals surface area contributed by atoms with Crippen molar-refractivity contribution in [2.75, 3.05) is 7.11 Å². The molecule has 1 saturated carbocycles. The molecule has 0 radical (unpaired) electrons. The molecule has 1 N–H and O–H groups in total. The number of phenols is 1. The molecule has 2 amide bonds. The summed E-state index contributed by atoms with van der Waals surface area (Å²) in [5.74, 6) is -0.356. The normalized spacial score (nSPS) is 30.7. The molecule has 24 heavy (non-hydrogen) atoms. The van der Waals surface area contributed by atoms with E-state index in [9.17, 15) is 14.7 Å². The summed E-state index contributed by atoms with van der Waals surface area (Å²) in [4.78, 5) is 25.1. The predicted molar refractivity (Wildman–Crippen MR) is 89.5 cm³/mol. The van der Waals surface area contributed by atoms with Gasteiger partial charge in [-0.3, -0.25) is 9.59 Å². The number of rotatable bonds is 3. The number of halogens is 1. The number of hydrogen-bond acceptors (Lipinski definition) is 5. The summed E-state index contributed by atoms with van der Waals surface area (Å²) in [6.45, 7) is 0. The highest BCUT2D eigenvalue weighted by Crippen LogP contribution is 2.52. The van der Waals surface area contributed by atoms with Crippen molar-refractivity contribution in [1.82, 2.24) is 5.01 Å². The summed E-state index contributed by atoms with van der Waals surface area (Å²) in [6.07, 6.45) is 6.42. The van der Waals surface area contributed by atoms with Crippen LogP contribution >= 0.6 is 15.9 Å². The van der Waals surface area contributed by atoms with E-state index in [1.807, 2.05) is 12.2 Å². The third-order valence-electron chi connectivity index (χ3n) is 5.04. The first kappa shape index (κ1) is 15.4. The molecule has 2 aliphatic carbocycles. The minimum atomic E-state index is -0.259. The number of fused-ring (bicyclic) bond motifs is 5. The average molecular weight is 391 g/mol. The van der Waals surface area contributed by atoms with Crippen molar-refractivity contribution in [2.24, 2.45) is 28.8 Å². The van der Waals surface area contributed by atoms with Crippen molar-refractivity contribution in [1.29, 1.82) is 0 Å². The van der Waals surface area contributed by atoms with Crippen molar-refractivity contribution in [3.63, 3.8) is 0 Å². The summed E-state index contributed by atoms with van der Waals surface area (Å²) in [5, 5.41) is 14.9. The standard InChI is InChI=1S/C17H15BrN2O4/c1-24-12-5-8(4-11(18)15(12)21)7-19-20-16(22)13-9-2-3-10(6-9)14(13)17(20)23/h2-5,7,9-10,13-14,21H,6H2,1H3/b19-7-/t9-,10-,13-,14+/m0/s1. The van der Waals surface area contributed by atoms with Crippen LogP contribution < -0.4 is 4.74 Å². The number of methoxy groups -OCH3 is 1. The van der Waals surface area contributed by atoms with Crippen molar-refractivity contribution >= 4 is 34.0 Å². The Balaban J connectivity index is 1.60. The number of hydrazone groups is 1. The van der Waals surface area contributed by atoms with Crippen LogP contribution in [0.2, 0.25) is 0 Å². The minimum Gasteiger partial charge on any atom is -0.503 e. The number of nitrogens with zero attached hydrogens (tertiary/aromatic N) is 2. The van der Waals surface area contributed by atoms with E-state index < -0.39 is 0 Å². The first-order chi connectivity index (χ1) is 11.5. The molecule has 1 saturated heterocycles. The summed E-state index contributed by atoms with van der Waals surface area (Å²) >= 11 is 3.23. The smallest absolute Gasteiger partial charge is 0.254 e. The highest BCUT2D eigenvalue weighted by Gasteiger charge is 2.59. The quantitative estimate of drug-likeness (QED) is 0.487. The molecule has 6 nitrogen and oxygen atoms in total. The number of hydrogen-bond donors (Lipinski definition) is 1. The lowest BCUT2D eigenvalue weighted by molar-refractivity contribution is -0.140. The van der Waals surface area contributed by atoms with Gasteiger partial charge in [0.25, 0.3) is 11.8 Å². The number of carbonyl (C=O) groups is 2. The Hall–Kier alpha value is -2.15. The van der Waals surface area contributed by atoms with E-state index in [-0.39, 0.29) is 47.0 Å². The van der Waals surface area contributed by atoms with Crippen LogP contribution in [0.25, 0.3) is 0 Å². The van der Waals surface area contributed by atoms with Crippen LogP contribution in [0.5, 0.6) is 11.5 Å². The molecule has 3 aliphatic rings. The monoisotopic (exact) mass is 390 g/mol. The first-order valence-corrected chi connectivity index (χ1v) is 8.47. The third kappa shape index (κ3) is 2.11. The van der Waals surface area contributed by atoms with E-state index in [1.54, 1.807) is 12.1 Å². The minimum absolute atomic E-state index is 0.0137. The van der Waals surface area contributed by atoms with Crippen molar-refractivity contribution in [3.8, 4) is 11.5 Å². The molecule has 1 aliphatic heterocycles. The molecular formula is C17H15BrN2O4. The van der Waals surface area contributed by atoms with E-state index in [0.717, 1.165) is 11.4 Å². The van der Waals surface area contributed by atoms with E-state index in [1.165, 1.54) is 13.3 Å². The number of aromatic hydroxyl groups is 1. The molecule has 1 aromatic rings. The lowest BCUT2D eigenvalue weighted by atomic mass is 9.85. The Labute approximate surface area is 146 Å². The second-order valence-corrected chi connectivity index (χ2v) is 7.14. The van der Waals surface area contributed by atoms with Crippen LogP contribution in [-0.4, -0.2) is 35.3 Å². The first-order valence-electron chi connectivity index (χ1n) is 7.68. The van der Waals surface area contributed by atoms with E-state index in [4.69, 9.17) is 4.74 Å². The average Bonchev–Trinajstić information content (AvgIpc) is 3.23. The second kappa shape index (κ2) is 5.44. The maximum Gasteiger partial charge on any atom is 0.254 e. The number of benzene rings is 1. The number of allylic oxidation sites excluding steroid dienone is 2. The van der Waals surface area contributed by atoms with E-state index >= 15 is 0 Å². The fourth-order valence-corrected chi connectivity index (χ4v) is 4.41. The second-order valence-electron chi connectivity index (χ2n) is 6.29. The molecule has 0 aromatic heterocycles. The van der Waals surface area contributed by atoms with Crippen molar-refractivity contribution in [3.05, 3.63) is 34.3 Å². The molecule has 0 spiro atoms. The maximum absolute atomic E-state index is 12.5. The highest BCUT2D eigenvalue weighted by atomic mass is 79.9. The SMILES string of the molecule is COc1cc(/C=N\N2C(=O)[C@@H]3[C@H](C2=O)[C@H]2C=C[C@H]3C2)cc(Br)c1O. The summed E-state index contributed by atoms with van der Waals surface area (Å²) < 4.78 is 5.53. The van der Waals surface area contributed by atoms with Gasteiger partial charge in [-0.15, -0.1) is 0 Å². The summed E-state index contributed by atoms with van der Waals surface area (Å²) in [7, 11) is 1.44. The number of imide groups is 1. The van der Waals surface area contributed by atoms with Crippen molar-refractivity contribution < 1.29 is 19.4 Å². The third-order valence-corrected chi connectivity index (χ3v) is 5.64. The molecule has 7 heteroatoms.